The van der Waals surface area contributed by atoms with Gasteiger partial charge in [-0.25, -0.2) is 0 Å². The largest absolute Gasteiger partial charge is 0.357 e. The second-order valence-corrected chi connectivity index (χ2v) is 9.41. The van der Waals surface area contributed by atoms with Gasteiger partial charge in [0.1, 0.15) is 24.4 Å². The van der Waals surface area contributed by atoms with Crippen molar-refractivity contribution in [1.29, 1.82) is 0 Å². The van der Waals surface area contributed by atoms with Crippen molar-refractivity contribution < 1.29 is 9.47 Å². The summed E-state index contributed by atoms with van der Waals surface area (Å²) in [6.45, 7) is 4.90. The fraction of sp³-hybridized carbons (Fsp3) is 0.308. The van der Waals surface area contributed by atoms with Gasteiger partial charge in [-0.2, -0.15) is 0 Å². The molecule has 28 heavy (non-hydrogen) atoms. The van der Waals surface area contributed by atoms with Crippen LogP contribution in [0.2, 0.25) is 0 Å². The standard InChI is InChI=1S/C26H20O2/c1-25-13-3-6-18-24-16(20-8-10-22(24)28-20)12-14(26(18,25)2)4-5-17(25)23-15(11-13)19-7-9-21(23)27-19/h3-12,19-22H,1-2H3/t19-,20+,21+,22-,25-,26+. The quantitative estimate of drug-likeness (QED) is 0.586. The van der Waals surface area contributed by atoms with E-state index in [9.17, 15) is 0 Å². The van der Waals surface area contributed by atoms with Crippen LogP contribution in [0.3, 0.4) is 0 Å². The van der Waals surface area contributed by atoms with E-state index in [0.29, 0.717) is 0 Å². The molecule has 4 aliphatic carbocycles. The average molecular weight is 364 g/mol. The summed E-state index contributed by atoms with van der Waals surface area (Å²) in [5.41, 5.74) is 11.1. The summed E-state index contributed by atoms with van der Waals surface area (Å²) in [5.74, 6) is 0. The van der Waals surface area contributed by atoms with Gasteiger partial charge in [0.2, 0.25) is 0 Å². The third kappa shape index (κ3) is 1.24. The first-order valence-electron chi connectivity index (χ1n) is 10.3. The maximum Gasteiger partial charge on any atom is 0.103 e. The van der Waals surface area contributed by atoms with Gasteiger partial charge in [-0.1, -0.05) is 74.6 Å². The highest BCUT2D eigenvalue weighted by Gasteiger charge is 2.61. The lowest BCUT2D eigenvalue weighted by Crippen LogP contribution is -2.49. The summed E-state index contributed by atoms with van der Waals surface area (Å²) in [6.07, 6.45) is 23.7. The number of hydrogen-bond donors (Lipinski definition) is 0. The van der Waals surface area contributed by atoms with Crippen molar-refractivity contribution in [3.8, 4) is 0 Å². The molecule has 0 aromatic heterocycles. The third-order valence-electron chi connectivity index (χ3n) is 8.61. The smallest absolute Gasteiger partial charge is 0.103 e. The number of allylic oxidation sites excluding steroid dienone is 8. The molecule has 0 aromatic carbocycles. The van der Waals surface area contributed by atoms with Crippen molar-refractivity contribution >= 4 is 0 Å². The van der Waals surface area contributed by atoms with Crippen molar-refractivity contribution in [3.05, 3.63) is 105 Å². The molecule has 0 saturated carbocycles. The predicted molar refractivity (Wildman–Crippen MR) is 107 cm³/mol. The SMILES string of the molecule is C[C@]12C3=CC=C4C5=C(C=C(C=CC1=C1C(=C3)[C@@H]3C=C[C@H]1O3)[C@]42C)[C@H]1C=C[C@@H]5O1. The Kier molecular flexibility index (Phi) is 2.14. The van der Waals surface area contributed by atoms with Crippen molar-refractivity contribution in [2.75, 3.05) is 0 Å². The molecular formula is C26H20O2. The summed E-state index contributed by atoms with van der Waals surface area (Å²) in [7, 11) is 0. The summed E-state index contributed by atoms with van der Waals surface area (Å²) >= 11 is 0. The fourth-order valence-electron chi connectivity index (χ4n) is 7.03. The molecule has 4 aliphatic heterocycles. The zero-order valence-electron chi connectivity index (χ0n) is 15.9. The van der Waals surface area contributed by atoms with Crippen LogP contribution in [0.25, 0.3) is 0 Å². The van der Waals surface area contributed by atoms with E-state index in [-0.39, 0.29) is 35.2 Å². The molecule has 4 heterocycles. The molecule has 0 spiro atoms. The molecule has 4 bridgehead atoms. The van der Waals surface area contributed by atoms with E-state index in [1.807, 2.05) is 0 Å². The second-order valence-electron chi connectivity index (χ2n) is 9.41. The van der Waals surface area contributed by atoms with E-state index in [2.05, 4.69) is 74.6 Å². The van der Waals surface area contributed by atoms with E-state index in [1.165, 1.54) is 44.6 Å². The fourth-order valence-corrected chi connectivity index (χ4v) is 7.03. The Morgan fingerprint density at radius 3 is 2.36 bits per heavy atom. The molecule has 6 atom stereocenters. The van der Waals surface area contributed by atoms with Crippen LogP contribution < -0.4 is 0 Å². The van der Waals surface area contributed by atoms with Crippen LogP contribution in [0, 0.1) is 10.8 Å². The van der Waals surface area contributed by atoms with Gasteiger partial charge in [0.15, 0.2) is 0 Å². The van der Waals surface area contributed by atoms with Gasteiger partial charge >= 0.3 is 0 Å². The van der Waals surface area contributed by atoms with Gasteiger partial charge in [0.25, 0.3) is 0 Å². The van der Waals surface area contributed by atoms with Gasteiger partial charge in [-0.05, 0) is 44.6 Å². The monoisotopic (exact) mass is 364 g/mol. The first-order valence-corrected chi connectivity index (χ1v) is 10.3. The molecule has 136 valence electrons. The van der Waals surface area contributed by atoms with Crippen LogP contribution in [0.1, 0.15) is 13.8 Å². The number of ether oxygens (including phenoxy) is 2. The van der Waals surface area contributed by atoms with Crippen molar-refractivity contribution in [3.63, 3.8) is 0 Å². The molecular weight excluding hydrogens is 344 g/mol. The molecule has 1 saturated heterocycles. The second kappa shape index (κ2) is 4.12. The van der Waals surface area contributed by atoms with Gasteiger partial charge in [0, 0.05) is 10.8 Å². The molecule has 0 unspecified atom stereocenters. The topological polar surface area (TPSA) is 18.5 Å². The van der Waals surface area contributed by atoms with Gasteiger partial charge < -0.3 is 9.47 Å². The Morgan fingerprint density at radius 2 is 1.46 bits per heavy atom. The third-order valence-corrected chi connectivity index (χ3v) is 8.61. The molecule has 0 aromatic rings. The van der Waals surface area contributed by atoms with Crippen molar-refractivity contribution in [1.82, 2.24) is 0 Å². The van der Waals surface area contributed by atoms with Crippen LogP contribution in [-0.4, -0.2) is 24.4 Å². The molecule has 8 aliphatic rings. The lowest BCUT2D eigenvalue weighted by Gasteiger charge is -2.58. The van der Waals surface area contributed by atoms with Crippen LogP contribution in [-0.2, 0) is 9.47 Å². The van der Waals surface area contributed by atoms with Crippen molar-refractivity contribution in [2.45, 2.75) is 38.3 Å². The summed E-state index contributed by atoms with van der Waals surface area (Å²) in [5, 5.41) is 0. The van der Waals surface area contributed by atoms with Crippen molar-refractivity contribution in [2.24, 2.45) is 10.8 Å². The highest BCUT2D eigenvalue weighted by atomic mass is 16.5. The zero-order chi connectivity index (χ0) is 18.4. The molecule has 0 radical (unpaired) electrons. The lowest BCUT2D eigenvalue weighted by atomic mass is 9.44. The highest BCUT2D eigenvalue weighted by molar-refractivity contribution is 5.76. The molecule has 2 heteroatoms. The molecule has 2 nitrogen and oxygen atoms in total. The van der Waals surface area contributed by atoms with E-state index < -0.39 is 0 Å². The minimum atomic E-state index is -0.0811. The molecule has 1 fully saturated rings. The minimum absolute atomic E-state index is 0.0811. The van der Waals surface area contributed by atoms with Crippen LogP contribution >= 0.6 is 0 Å². The zero-order valence-corrected chi connectivity index (χ0v) is 15.9. The lowest BCUT2D eigenvalue weighted by molar-refractivity contribution is 0.128. The Bertz CT molecular complexity index is 1210. The number of rotatable bonds is 0. The van der Waals surface area contributed by atoms with Crippen LogP contribution in [0.4, 0.5) is 0 Å². The summed E-state index contributed by atoms with van der Waals surface area (Å²) in [6, 6.07) is 0. The Morgan fingerprint density at radius 1 is 0.714 bits per heavy atom. The van der Waals surface area contributed by atoms with Crippen LogP contribution in [0.5, 0.6) is 0 Å². The summed E-state index contributed by atoms with van der Waals surface area (Å²) < 4.78 is 12.5. The average Bonchev–Trinajstić information content (AvgIpc) is 3.46. The van der Waals surface area contributed by atoms with Gasteiger partial charge in [-0.15, -0.1) is 0 Å². The van der Waals surface area contributed by atoms with Crippen LogP contribution in [0.15, 0.2) is 105 Å². The minimum Gasteiger partial charge on any atom is -0.357 e. The first-order chi connectivity index (χ1) is 13.6. The molecule has 8 rings (SSSR count). The maximum absolute atomic E-state index is 6.23. The van der Waals surface area contributed by atoms with Gasteiger partial charge in [-0.3, -0.25) is 0 Å². The van der Waals surface area contributed by atoms with E-state index in [0.717, 1.165) is 0 Å². The van der Waals surface area contributed by atoms with Gasteiger partial charge in [0.05, 0.1) is 0 Å². The Labute approximate surface area is 164 Å². The van der Waals surface area contributed by atoms with E-state index in [1.54, 1.807) is 0 Å². The normalized spacial score (nSPS) is 47.1. The van der Waals surface area contributed by atoms with E-state index >= 15 is 0 Å². The Balaban J connectivity index is 1.48. The molecule has 0 N–H and O–H groups in total. The molecule has 0 amide bonds. The maximum atomic E-state index is 6.23. The first kappa shape index (κ1) is 14.6. The summed E-state index contributed by atoms with van der Waals surface area (Å²) in [4.78, 5) is 0. The number of hydrogen-bond acceptors (Lipinski definition) is 2. The van der Waals surface area contributed by atoms with E-state index in [4.69, 9.17) is 9.47 Å². The Hall–Kier alpha value is -2.42. The highest BCUT2D eigenvalue weighted by Crippen LogP contribution is 2.69. The number of fused-ring (bicyclic) bond motifs is 10. The predicted octanol–water partition coefficient (Wildman–Crippen LogP) is 4.58.